The van der Waals surface area contributed by atoms with Crippen molar-refractivity contribution in [1.29, 1.82) is 0 Å². The maximum atomic E-state index is 11.6. The van der Waals surface area contributed by atoms with Crippen LogP contribution in [0.1, 0.15) is 33.1 Å². The van der Waals surface area contributed by atoms with Gasteiger partial charge < -0.3 is 10.5 Å². The van der Waals surface area contributed by atoms with Crippen LogP contribution in [0.15, 0.2) is 0 Å². The van der Waals surface area contributed by atoms with Gasteiger partial charge in [-0.15, -0.1) is 0 Å². The van der Waals surface area contributed by atoms with E-state index in [9.17, 15) is 9.59 Å². The minimum absolute atomic E-state index is 0.0190. The lowest BCUT2D eigenvalue weighted by Crippen LogP contribution is -2.59. The minimum atomic E-state index is -1.10. The average molecular weight is 213 g/mol. The van der Waals surface area contributed by atoms with Crippen LogP contribution < -0.4 is 5.73 Å². The summed E-state index contributed by atoms with van der Waals surface area (Å²) >= 11 is 0. The summed E-state index contributed by atoms with van der Waals surface area (Å²) in [4.78, 5) is 23.1. The van der Waals surface area contributed by atoms with E-state index in [0.717, 1.165) is 6.42 Å². The first-order valence-corrected chi connectivity index (χ1v) is 5.29. The lowest BCUT2D eigenvalue weighted by molar-refractivity contribution is -0.154. The van der Waals surface area contributed by atoms with E-state index >= 15 is 0 Å². The van der Waals surface area contributed by atoms with Crippen molar-refractivity contribution in [3.05, 3.63) is 0 Å². The Morgan fingerprint density at radius 3 is 2.53 bits per heavy atom. The summed E-state index contributed by atoms with van der Waals surface area (Å²) in [5, 5.41) is 0. The van der Waals surface area contributed by atoms with Gasteiger partial charge in [-0.3, -0.25) is 9.59 Å². The van der Waals surface area contributed by atoms with Crippen LogP contribution in [0.5, 0.6) is 0 Å². The first-order valence-electron chi connectivity index (χ1n) is 5.29. The van der Waals surface area contributed by atoms with Gasteiger partial charge in [-0.25, -0.2) is 0 Å². The third-order valence-electron chi connectivity index (χ3n) is 3.37. The number of carbonyl (C=O) groups excluding carboxylic acids is 2. The molecule has 86 valence electrons. The summed E-state index contributed by atoms with van der Waals surface area (Å²) in [7, 11) is 1.31. The van der Waals surface area contributed by atoms with E-state index < -0.39 is 17.4 Å². The fourth-order valence-electron chi connectivity index (χ4n) is 2.35. The number of esters is 1. The van der Waals surface area contributed by atoms with Crippen LogP contribution in [0, 0.1) is 11.8 Å². The normalized spacial score (nSPS) is 36.0. The Kier molecular flexibility index (Phi) is 3.50. The molecule has 0 aromatic heterocycles. The van der Waals surface area contributed by atoms with Crippen LogP contribution >= 0.6 is 0 Å². The number of Topliss-reactive ketones (excluding diaryl/α,β-unsaturated/α-hetero) is 1. The lowest BCUT2D eigenvalue weighted by Gasteiger charge is -2.39. The van der Waals surface area contributed by atoms with Gasteiger partial charge in [-0.1, -0.05) is 6.92 Å². The number of ketones is 1. The molecule has 1 saturated carbocycles. The van der Waals surface area contributed by atoms with Crippen molar-refractivity contribution in [3.63, 3.8) is 0 Å². The minimum Gasteiger partial charge on any atom is -0.468 e. The van der Waals surface area contributed by atoms with Crippen LogP contribution in [0.4, 0.5) is 0 Å². The zero-order valence-corrected chi connectivity index (χ0v) is 9.58. The quantitative estimate of drug-likeness (QED) is 0.691. The molecule has 0 aromatic carbocycles. The second kappa shape index (κ2) is 4.31. The fourth-order valence-corrected chi connectivity index (χ4v) is 2.35. The maximum Gasteiger partial charge on any atom is 0.326 e. The second-order valence-electron chi connectivity index (χ2n) is 4.57. The van der Waals surface area contributed by atoms with Crippen LogP contribution in [0.25, 0.3) is 0 Å². The number of carbonyl (C=O) groups is 2. The average Bonchev–Trinajstić information content (AvgIpc) is 2.20. The molecule has 0 bridgehead atoms. The molecule has 0 saturated heterocycles. The number of rotatable bonds is 2. The molecule has 0 heterocycles. The number of ether oxygens (including phenoxy) is 1. The second-order valence-corrected chi connectivity index (χ2v) is 4.57. The van der Waals surface area contributed by atoms with Gasteiger partial charge in [0.05, 0.1) is 7.11 Å². The van der Waals surface area contributed by atoms with Crippen LogP contribution in [0.3, 0.4) is 0 Å². The van der Waals surface area contributed by atoms with Gasteiger partial charge in [-0.2, -0.15) is 0 Å². The highest BCUT2D eigenvalue weighted by molar-refractivity contribution is 5.90. The van der Waals surface area contributed by atoms with Gasteiger partial charge in [0.1, 0.15) is 11.3 Å². The van der Waals surface area contributed by atoms with Crippen molar-refractivity contribution >= 4 is 11.8 Å². The van der Waals surface area contributed by atoms with E-state index in [1.54, 1.807) is 0 Å². The fraction of sp³-hybridized carbons (Fsp3) is 0.818. The molecule has 0 aliphatic heterocycles. The van der Waals surface area contributed by atoms with Gasteiger partial charge in [0.25, 0.3) is 0 Å². The Morgan fingerprint density at radius 2 is 2.07 bits per heavy atom. The predicted octanol–water partition coefficient (Wildman–Crippen LogP) is 0.882. The highest BCUT2D eigenvalue weighted by Gasteiger charge is 2.48. The third-order valence-corrected chi connectivity index (χ3v) is 3.37. The molecule has 2 N–H and O–H groups in total. The molecule has 1 aliphatic rings. The van der Waals surface area contributed by atoms with E-state index in [1.807, 2.05) is 0 Å². The summed E-state index contributed by atoms with van der Waals surface area (Å²) < 4.78 is 4.69. The molecule has 3 unspecified atom stereocenters. The summed E-state index contributed by atoms with van der Waals surface area (Å²) in [6.45, 7) is 3.57. The SMILES string of the molecule is COC(=O)C1(N)CCC(C)CC1C(C)=O. The molecule has 1 fully saturated rings. The lowest BCUT2D eigenvalue weighted by atomic mass is 9.68. The molecule has 0 radical (unpaired) electrons. The highest BCUT2D eigenvalue weighted by Crippen LogP contribution is 2.36. The Bertz CT molecular complexity index is 277. The van der Waals surface area contributed by atoms with Crippen LogP contribution in [-0.2, 0) is 14.3 Å². The summed E-state index contributed by atoms with van der Waals surface area (Å²) in [5.74, 6) is -0.432. The molecule has 0 amide bonds. The molecule has 4 heteroatoms. The van der Waals surface area contributed by atoms with Gasteiger partial charge in [0.15, 0.2) is 0 Å². The van der Waals surface area contributed by atoms with E-state index in [0.29, 0.717) is 18.8 Å². The molecular formula is C11H19NO3. The van der Waals surface area contributed by atoms with E-state index in [4.69, 9.17) is 10.5 Å². The van der Waals surface area contributed by atoms with E-state index in [2.05, 4.69) is 6.92 Å². The molecule has 4 nitrogen and oxygen atoms in total. The Hall–Kier alpha value is -0.900. The van der Waals surface area contributed by atoms with Gasteiger partial charge in [0.2, 0.25) is 0 Å². The zero-order valence-electron chi connectivity index (χ0n) is 9.58. The topological polar surface area (TPSA) is 69.4 Å². The van der Waals surface area contributed by atoms with Crippen molar-refractivity contribution in [2.45, 2.75) is 38.6 Å². The van der Waals surface area contributed by atoms with E-state index in [1.165, 1.54) is 14.0 Å². The molecule has 0 aromatic rings. The van der Waals surface area contributed by atoms with Crippen molar-refractivity contribution in [2.24, 2.45) is 17.6 Å². The number of nitrogens with two attached hydrogens (primary N) is 1. The highest BCUT2D eigenvalue weighted by atomic mass is 16.5. The Balaban J connectivity index is 2.94. The molecule has 3 atom stereocenters. The molecule has 0 spiro atoms. The number of hydrogen-bond donors (Lipinski definition) is 1. The van der Waals surface area contributed by atoms with Crippen molar-refractivity contribution in [2.75, 3.05) is 7.11 Å². The first kappa shape index (κ1) is 12.2. The summed E-state index contributed by atoms with van der Waals surface area (Å²) in [6, 6.07) is 0. The predicted molar refractivity (Wildman–Crippen MR) is 56.1 cm³/mol. The molecule has 1 aliphatic carbocycles. The van der Waals surface area contributed by atoms with Crippen molar-refractivity contribution in [3.8, 4) is 0 Å². The van der Waals surface area contributed by atoms with Gasteiger partial charge in [0, 0.05) is 5.92 Å². The van der Waals surface area contributed by atoms with E-state index in [-0.39, 0.29) is 5.78 Å². The zero-order chi connectivity index (χ0) is 11.6. The van der Waals surface area contributed by atoms with Crippen molar-refractivity contribution < 1.29 is 14.3 Å². The van der Waals surface area contributed by atoms with Gasteiger partial charge >= 0.3 is 5.97 Å². The smallest absolute Gasteiger partial charge is 0.326 e. The Labute approximate surface area is 90.2 Å². The summed E-state index contributed by atoms with van der Waals surface area (Å²) in [5.41, 5.74) is 4.92. The first-order chi connectivity index (χ1) is 6.91. The maximum absolute atomic E-state index is 11.6. The molecular weight excluding hydrogens is 194 g/mol. The van der Waals surface area contributed by atoms with Crippen LogP contribution in [0.2, 0.25) is 0 Å². The standard InChI is InChI=1S/C11H19NO3/c1-7-4-5-11(12,10(14)15-3)9(6-7)8(2)13/h7,9H,4-6,12H2,1-3H3. The number of methoxy groups -OCH3 is 1. The largest absolute Gasteiger partial charge is 0.468 e. The van der Waals surface area contributed by atoms with Crippen LogP contribution in [-0.4, -0.2) is 24.4 Å². The monoisotopic (exact) mass is 213 g/mol. The molecule has 1 rings (SSSR count). The Morgan fingerprint density at radius 1 is 1.47 bits per heavy atom. The molecule has 15 heavy (non-hydrogen) atoms. The van der Waals surface area contributed by atoms with Crippen molar-refractivity contribution in [1.82, 2.24) is 0 Å². The summed E-state index contributed by atoms with van der Waals surface area (Å²) in [6.07, 6.45) is 2.08. The number of hydrogen-bond acceptors (Lipinski definition) is 4. The van der Waals surface area contributed by atoms with Gasteiger partial charge in [-0.05, 0) is 32.1 Å². The third kappa shape index (κ3) is 2.20.